The lowest BCUT2D eigenvalue weighted by Crippen LogP contribution is -2.20. The first-order valence-electron chi connectivity index (χ1n) is 5.35. The molecule has 0 aliphatic carbocycles. The molecule has 0 bridgehead atoms. The molecule has 94 valence electrons. The zero-order valence-electron chi connectivity index (χ0n) is 9.62. The van der Waals surface area contributed by atoms with E-state index >= 15 is 0 Å². The molecular weight excluding hydrogens is 302 g/mol. The second-order valence-electron chi connectivity index (χ2n) is 3.78. The molecule has 0 aliphatic heterocycles. The van der Waals surface area contributed by atoms with Crippen molar-refractivity contribution in [3.63, 3.8) is 0 Å². The Morgan fingerprint density at radius 3 is 2.61 bits per heavy atom. The number of pyridine rings is 1. The smallest absolute Gasteiger partial charge is 0.146 e. The Morgan fingerprint density at radius 2 is 1.94 bits per heavy atom. The van der Waals surface area contributed by atoms with Gasteiger partial charge in [0.1, 0.15) is 11.6 Å². The van der Waals surface area contributed by atoms with Crippen LogP contribution in [0.2, 0.25) is 0 Å². The van der Waals surface area contributed by atoms with Gasteiger partial charge in [-0.25, -0.2) is 8.78 Å². The molecule has 2 aromatic rings. The van der Waals surface area contributed by atoms with E-state index in [-0.39, 0.29) is 5.82 Å². The first-order chi connectivity index (χ1) is 8.63. The van der Waals surface area contributed by atoms with Gasteiger partial charge < -0.3 is 5.32 Å². The summed E-state index contributed by atoms with van der Waals surface area (Å²) < 4.78 is 28.3. The zero-order valence-corrected chi connectivity index (χ0v) is 11.2. The molecule has 5 heteroatoms. The predicted octanol–water partition coefficient (Wildman–Crippen LogP) is 3.43. The third-order valence-corrected chi connectivity index (χ3v) is 3.17. The van der Waals surface area contributed by atoms with E-state index in [0.29, 0.717) is 11.1 Å². The van der Waals surface area contributed by atoms with Crippen LogP contribution in [0, 0.1) is 11.6 Å². The minimum Gasteiger partial charge on any atom is -0.309 e. The maximum Gasteiger partial charge on any atom is 0.146 e. The van der Waals surface area contributed by atoms with Gasteiger partial charge in [0.05, 0.1) is 12.2 Å². The fourth-order valence-electron chi connectivity index (χ4n) is 1.83. The number of benzene rings is 1. The van der Waals surface area contributed by atoms with Gasteiger partial charge in [0.25, 0.3) is 0 Å². The summed E-state index contributed by atoms with van der Waals surface area (Å²) in [4.78, 5) is 3.69. The average Bonchev–Trinajstić information content (AvgIpc) is 2.36. The summed E-state index contributed by atoms with van der Waals surface area (Å²) in [6.07, 6.45) is 2.61. The lowest BCUT2D eigenvalue weighted by atomic mass is 9.99. The Kier molecular flexibility index (Phi) is 4.04. The molecule has 0 spiro atoms. The van der Waals surface area contributed by atoms with Crippen molar-refractivity contribution in [1.82, 2.24) is 10.3 Å². The number of hydrogen-bond donors (Lipinski definition) is 1. The minimum atomic E-state index is -0.550. The molecule has 0 amide bonds. The van der Waals surface area contributed by atoms with Crippen LogP contribution >= 0.6 is 15.9 Å². The van der Waals surface area contributed by atoms with Gasteiger partial charge >= 0.3 is 0 Å². The summed E-state index contributed by atoms with van der Waals surface area (Å²) in [7, 11) is 1.66. The maximum atomic E-state index is 13.8. The largest absolute Gasteiger partial charge is 0.309 e. The number of aromatic nitrogens is 1. The highest BCUT2D eigenvalue weighted by molar-refractivity contribution is 9.10. The van der Waals surface area contributed by atoms with Crippen LogP contribution in [0.25, 0.3) is 0 Å². The van der Waals surface area contributed by atoms with Gasteiger partial charge in [0.15, 0.2) is 0 Å². The lowest BCUT2D eigenvalue weighted by molar-refractivity contribution is 0.544. The Hall–Kier alpha value is -1.33. The molecule has 0 radical (unpaired) electrons. The third-order valence-electron chi connectivity index (χ3n) is 2.67. The Bertz CT molecular complexity index is 560. The van der Waals surface area contributed by atoms with Crippen LogP contribution in [-0.2, 0) is 0 Å². The molecule has 1 atom stereocenters. The van der Waals surface area contributed by atoms with Crippen LogP contribution in [0.1, 0.15) is 17.2 Å². The average molecular weight is 313 g/mol. The van der Waals surface area contributed by atoms with Crippen molar-refractivity contribution in [1.29, 1.82) is 0 Å². The minimum absolute atomic E-state index is 0.365. The number of hydrogen-bond acceptors (Lipinski definition) is 2. The van der Waals surface area contributed by atoms with Crippen LogP contribution in [0.4, 0.5) is 8.78 Å². The van der Waals surface area contributed by atoms with Crippen molar-refractivity contribution in [3.05, 3.63) is 63.9 Å². The van der Waals surface area contributed by atoms with Gasteiger partial charge in [0.2, 0.25) is 0 Å². The van der Waals surface area contributed by atoms with Gasteiger partial charge in [-0.15, -0.1) is 0 Å². The molecule has 18 heavy (non-hydrogen) atoms. The third kappa shape index (κ3) is 2.57. The first-order valence-corrected chi connectivity index (χ1v) is 6.14. The highest BCUT2D eigenvalue weighted by atomic mass is 79.9. The first kappa shape index (κ1) is 13.1. The SMILES string of the molecule is CNC(c1ccncc1F)c1cc(Br)ccc1F. The molecule has 1 aromatic carbocycles. The quantitative estimate of drug-likeness (QED) is 0.939. The van der Waals surface area contributed by atoms with Crippen molar-refractivity contribution < 1.29 is 8.78 Å². The summed E-state index contributed by atoms with van der Waals surface area (Å²) >= 11 is 3.28. The summed E-state index contributed by atoms with van der Waals surface area (Å²) in [5.74, 6) is -0.843. The summed E-state index contributed by atoms with van der Waals surface area (Å²) in [6.45, 7) is 0. The van der Waals surface area contributed by atoms with Crippen LogP contribution in [0.3, 0.4) is 0 Å². The number of nitrogens with zero attached hydrogens (tertiary/aromatic N) is 1. The molecule has 0 aliphatic rings. The Labute approximate surface area is 112 Å². The van der Waals surface area contributed by atoms with E-state index in [1.807, 2.05) is 0 Å². The van der Waals surface area contributed by atoms with E-state index in [1.165, 1.54) is 18.3 Å². The molecular formula is C13H11BrF2N2. The zero-order chi connectivity index (χ0) is 13.1. The van der Waals surface area contributed by atoms with Crippen LogP contribution in [0.5, 0.6) is 0 Å². The molecule has 1 unspecified atom stereocenters. The van der Waals surface area contributed by atoms with Gasteiger partial charge in [-0.3, -0.25) is 4.98 Å². The van der Waals surface area contributed by atoms with E-state index in [1.54, 1.807) is 19.2 Å². The van der Waals surface area contributed by atoms with Gasteiger partial charge in [-0.05, 0) is 31.3 Å². The molecule has 1 N–H and O–H groups in total. The van der Waals surface area contributed by atoms with Crippen LogP contribution in [0.15, 0.2) is 41.1 Å². The number of halogens is 3. The van der Waals surface area contributed by atoms with Crippen molar-refractivity contribution in [2.24, 2.45) is 0 Å². The number of nitrogens with one attached hydrogen (secondary N) is 1. The predicted molar refractivity (Wildman–Crippen MR) is 69.2 cm³/mol. The fraction of sp³-hybridized carbons (Fsp3) is 0.154. The van der Waals surface area contributed by atoms with Crippen molar-refractivity contribution >= 4 is 15.9 Å². The van der Waals surface area contributed by atoms with E-state index in [2.05, 4.69) is 26.2 Å². The van der Waals surface area contributed by atoms with Crippen molar-refractivity contribution in [3.8, 4) is 0 Å². The Morgan fingerprint density at radius 1 is 1.17 bits per heavy atom. The summed E-state index contributed by atoms with van der Waals surface area (Å²) in [6, 6.07) is 5.58. The second kappa shape index (κ2) is 5.54. The fourth-order valence-corrected chi connectivity index (χ4v) is 2.21. The summed E-state index contributed by atoms with van der Waals surface area (Å²) in [5, 5.41) is 2.91. The van der Waals surface area contributed by atoms with Gasteiger partial charge in [0, 0.05) is 21.8 Å². The molecule has 1 aromatic heterocycles. The topological polar surface area (TPSA) is 24.9 Å². The van der Waals surface area contributed by atoms with Crippen molar-refractivity contribution in [2.75, 3.05) is 7.05 Å². The molecule has 2 rings (SSSR count). The standard InChI is InChI=1S/C13H11BrF2N2/c1-17-13(9-4-5-18-7-12(9)16)10-6-8(14)2-3-11(10)15/h2-7,13,17H,1H3. The van der Waals surface area contributed by atoms with Gasteiger partial charge in [-0.2, -0.15) is 0 Å². The number of rotatable bonds is 3. The van der Waals surface area contributed by atoms with E-state index in [0.717, 1.165) is 10.7 Å². The maximum absolute atomic E-state index is 13.8. The molecule has 1 heterocycles. The highest BCUT2D eigenvalue weighted by Crippen LogP contribution is 2.27. The van der Waals surface area contributed by atoms with E-state index in [9.17, 15) is 8.78 Å². The molecule has 0 saturated carbocycles. The van der Waals surface area contributed by atoms with E-state index in [4.69, 9.17) is 0 Å². The van der Waals surface area contributed by atoms with Crippen LogP contribution < -0.4 is 5.32 Å². The molecule has 2 nitrogen and oxygen atoms in total. The lowest BCUT2D eigenvalue weighted by Gasteiger charge is -2.18. The molecule has 0 fully saturated rings. The Balaban J connectivity index is 2.52. The highest BCUT2D eigenvalue weighted by Gasteiger charge is 2.19. The monoisotopic (exact) mass is 312 g/mol. The van der Waals surface area contributed by atoms with E-state index < -0.39 is 11.9 Å². The summed E-state index contributed by atoms with van der Waals surface area (Å²) in [5.41, 5.74) is 0.751. The normalized spacial score (nSPS) is 12.4. The molecule has 0 saturated heterocycles. The van der Waals surface area contributed by atoms with Crippen LogP contribution in [-0.4, -0.2) is 12.0 Å². The van der Waals surface area contributed by atoms with Crippen molar-refractivity contribution in [2.45, 2.75) is 6.04 Å². The van der Waals surface area contributed by atoms with Gasteiger partial charge in [-0.1, -0.05) is 15.9 Å². The second-order valence-corrected chi connectivity index (χ2v) is 4.70.